The Morgan fingerprint density at radius 1 is 1.29 bits per heavy atom. The molecule has 1 aromatic rings. The fourth-order valence-corrected chi connectivity index (χ4v) is 2.88. The largest absolute Gasteiger partial charge is 0.489 e. The van der Waals surface area contributed by atoms with E-state index < -0.39 is 0 Å². The summed E-state index contributed by atoms with van der Waals surface area (Å²) in [5, 5.41) is 5.80. The number of likely N-dealkylation sites (tertiary alicyclic amines) is 1. The van der Waals surface area contributed by atoms with Crippen LogP contribution in [0.25, 0.3) is 0 Å². The van der Waals surface area contributed by atoms with E-state index in [1.807, 2.05) is 38.1 Å². The first kappa shape index (κ1) is 18.6. The number of carbonyl (C=O) groups is 1. The smallest absolute Gasteiger partial charge is 0.319 e. The predicted octanol–water partition coefficient (Wildman–Crippen LogP) is 3.72. The number of nitrogens with one attached hydrogen (secondary N) is 2. The Labute approximate surface area is 145 Å². The summed E-state index contributed by atoms with van der Waals surface area (Å²) in [6, 6.07) is 7.33. The van der Waals surface area contributed by atoms with Gasteiger partial charge in [0.2, 0.25) is 0 Å². The van der Waals surface area contributed by atoms with E-state index in [9.17, 15) is 4.79 Å². The van der Waals surface area contributed by atoms with Gasteiger partial charge in [0.15, 0.2) is 0 Å². The highest BCUT2D eigenvalue weighted by molar-refractivity contribution is 5.90. The van der Waals surface area contributed by atoms with Crippen molar-refractivity contribution >= 4 is 11.7 Å². The van der Waals surface area contributed by atoms with Gasteiger partial charge >= 0.3 is 6.03 Å². The number of urea groups is 1. The molecule has 24 heavy (non-hydrogen) atoms. The molecule has 5 heteroatoms. The quantitative estimate of drug-likeness (QED) is 0.748. The molecule has 1 aromatic carbocycles. The van der Waals surface area contributed by atoms with Crippen molar-refractivity contribution in [1.29, 1.82) is 0 Å². The number of hydrogen-bond donors (Lipinski definition) is 2. The lowest BCUT2D eigenvalue weighted by atomic mass is 9.99. The minimum Gasteiger partial charge on any atom is -0.489 e. The van der Waals surface area contributed by atoms with Crippen molar-refractivity contribution in [3.8, 4) is 5.75 Å². The van der Waals surface area contributed by atoms with Crippen LogP contribution in [0.3, 0.4) is 0 Å². The number of ether oxygens (including phenoxy) is 1. The van der Waals surface area contributed by atoms with Crippen molar-refractivity contribution in [2.75, 3.05) is 31.5 Å². The zero-order chi connectivity index (χ0) is 17.4. The summed E-state index contributed by atoms with van der Waals surface area (Å²) in [6.45, 7) is 10.4. The van der Waals surface area contributed by atoms with E-state index >= 15 is 0 Å². The molecule has 1 aliphatic heterocycles. The third kappa shape index (κ3) is 6.40. The summed E-state index contributed by atoms with van der Waals surface area (Å²) in [4.78, 5) is 14.5. The number of piperidine rings is 1. The van der Waals surface area contributed by atoms with E-state index in [0.29, 0.717) is 18.0 Å². The summed E-state index contributed by atoms with van der Waals surface area (Å²) < 4.78 is 5.71. The van der Waals surface area contributed by atoms with Crippen LogP contribution < -0.4 is 15.4 Å². The van der Waals surface area contributed by atoms with Gasteiger partial charge < -0.3 is 20.3 Å². The summed E-state index contributed by atoms with van der Waals surface area (Å²) in [5.41, 5.74) is 0.703. The van der Waals surface area contributed by atoms with Crippen LogP contribution in [-0.4, -0.2) is 43.2 Å². The van der Waals surface area contributed by atoms with Gasteiger partial charge in [-0.25, -0.2) is 4.79 Å². The first-order valence-electron chi connectivity index (χ1n) is 9.07. The van der Waals surface area contributed by atoms with Crippen LogP contribution in [0.2, 0.25) is 0 Å². The van der Waals surface area contributed by atoms with E-state index in [4.69, 9.17) is 4.74 Å². The third-order valence-corrected chi connectivity index (χ3v) is 4.31. The van der Waals surface area contributed by atoms with Gasteiger partial charge in [0.1, 0.15) is 5.75 Å². The van der Waals surface area contributed by atoms with E-state index in [2.05, 4.69) is 22.5 Å². The van der Waals surface area contributed by atoms with Gasteiger partial charge in [0.05, 0.1) is 11.8 Å². The molecule has 0 saturated carbocycles. The van der Waals surface area contributed by atoms with Crippen molar-refractivity contribution in [3.05, 3.63) is 24.3 Å². The van der Waals surface area contributed by atoms with Gasteiger partial charge in [-0.1, -0.05) is 19.1 Å². The maximum Gasteiger partial charge on any atom is 0.319 e. The summed E-state index contributed by atoms with van der Waals surface area (Å²) in [6.07, 6.45) is 3.64. The Morgan fingerprint density at radius 2 is 2.00 bits per heavy atom. The molecule has 0 aliphatic carbocycles. The normalized spacial score (nSPS) is 16.2. The topological polar surface area (TPSA) is 53.6 Å². The highest BCUT2D eigenvalue weighted by atomic mass is 16.5. The second-order valence-electron chi connectivity index (χ2n) is 6.92. The zero-order valence-corrected chi connectivity index (χ0v) is 15.2. The van der Waals surface area contributed by atoms with Crippen molar-refractivity contribution in [2.24, 2.45) is 5.92 Å². The molecule has 2 N–H and O–H groups in total. The van der Waals surface area contributed by atoms with Crippen LogP contribution in [0, 0.1) is 5.92 Å². The van der Waals surface area contributed by atoms with Gasteiger partial charge in [-0.3, -0.25) is 0 Å². The number of anilines is 1. The third-order valence-electron chi connectivity index (χ3n) is 4.31. The number of nitrogens with zero attached hydrogens (tertiary/aromatic N) is 1. The molecule has 1 heterocycles. The molecular formula is C19H31N3O2. The summed E-state index contributed by atoms with van der Waals surface area (Å²) >= 11 is 0. The Kier molecular flexibility index (Phi) is 7.37. The molecular weight excluding hydrogens is 302 g/mol. The average molecular weight is 333 g/mol. The van der Waals surface area contributed by atoms with Crippen molar-refractivity contribution in [1.82, 2.24) is 10.2 Å². The lowest BCUT2D eigenvalue weighted by molar-refractivity contribution is 0.190. The van der Waals surface area contributed by atoms with Crippen LogP contribution in [-0.2, 0) is 0 Å². The summed E-state index contributed by atoms with van der Waals surface area (Å²) in [7, 11) is 0. The molecule has 0 unspecified atom stereocenters. The number of para-hydroxylation sites is 2. The lowest BCUT2D eigenvalue weighted by Crippen LogP contribution is -2.36. The Balaban J connectivity index is 1.68. The molecule has 0 atom stereocenters. The van der Waals surface area contributed by atoms with Crippen molar-refractivity contribution < 1.29 is 9.53 Å². The number of hydrogen-bond acceptors (Lipinski definition) is 3. The Bertz CT molecular complexity index is 511. The Morgan fingerprint density at radius 3 is 2.71 bits per heavy atom. The molecule has 0 aromatic heterocycles. The fourth-order valence-electron chi connectivity index (χ4n) is 2.88. The molecule has 0 spiro atoms. The molecule has 1 fully saturated rings. The monoisotopic (exact) mass is 333 g/mol. The molecule has 2 amide bonds. The minimum absolute atomic E-state index is 0.0725. The maximum atomic E-state index is 12.1. The van der Waals surface area contributed by atoms with Gasteiger partial charge in [0.25, 0.3) is 0 Å². The second kappa shape index (κ2) is 9.52. The van der Waals surface area contributed by atoms with E-state index in [0.717, 1.165) is 18.9 Å². The maximum absolute atomic E-state index is 12.1. The van der Waals surface area contributed by atoms with Gasteiger partial charge in [-0.15, -0.1) is 0 Å². The second-order valence-corrected chi connectivity index (χ2v) is 6.92. The molecule has 134 valence electrons. The highest BCUT2D eigenvalue weighted by Gasteiger charge is 2.15. The minimum atomic E-state index is -0.179. The first-order chi connectivity index (χ1) is 11.5. The fraction of sp³-hybridized carbons (Fsp3) is 0.632. The van der Waals surface area contributed by atoms with E-state index in [1.54, 1.807) is 0 Å². The van der Waals surface area contributed by atoms with Crippen LogP contribution in [0.15, 0.2) is 24.3 Å². The van der Waals surface area contributed by atoms with Gasteiger partial charge in [-0.2, -0.15) is 0 Å². The SMILES string of the molecule is CC1CCN(CCCNC(=O)Nc2ccccc2OC(C)C)CC1. The average Bonchev–Trinajstić information content (AvgIpc) is 2.55. The zero-order valence-electron chi connectivity index (χ0n) is 15.2. The van der Waals surface area contributed by atoms with Crippen LogP contribution in [0.1, 0.15) is 40.0 Å². The molecule has 5 nitrogen and oxygen atoms in total. The number of carbonyl (C=O) groups excluding carboxylic acids is 1. The van der Waals surface area contributed by atoms with Crippen molar-refractivity contribution in [2.45, 2.75) is 46.1 Å². The number of benzene rings is 1. The number of rotatable bonds is 7. The predicted molar refractivity (Wildman–Crippen MR) is 98.7 cm³/mol. The Hall–Kier alpha value is -1.75. The molecule has 0 bridgehead atoms. The molecule has 2 rings (SSSR count). The molecule has 1 saturated heterocycles. The lowest BCUT2D eigenvalue weighted by Gasteiger charge is -2.30. The van der Waals surface area contributed by atoms with Crippen LogP contribution in [0.4, 0.5) is 10.5 Å². The van der Waals surface area contributed by atoms with Crippen LogP contribution in [0.5, 0.6) is 5.75 Å². The standard InChI is InChI=1S/C19H31N3O2/c1-15(2)24-18-8-5-4-7-17(18)21-19(23)20-11-6-12-22-13-9-16(3)10-14-22/h4-5,7-8,15-16H,6,9-14H2,1-3H3,(H2,20,21,23). The molecule has 1 aliphatic rings. The van der Waals surface area contributed by atoms with Gasteiger partial charge in [0, 0.05) is 6.54 Å². The summed E-state index contributed by atoms with van der Waals surface area (Å²) in [5.74, 6) is 1.56. The van der Waals surface area contributed by atoms with E-state index in [1.165, 1.54) is 25.9 Å². The van der Waals surface area contributed by atoms with Gasteiger partial charge in [-0.05, 0) is 70.8 Å². The van der Waals surface area contributed by atoms with E-state index in [-0.39, 0.29) is 12.1 Å². The first-order valence-corrected chi connectivity index (χ1v) is 9.07. The van der Waals surface area contributed by atoms with Crippen LogP contribution >= 0.6 is 0 Å². The number of amides is 2. The molecule has 0 radical (unpaired) electrons. The highest BCUT2D eigenvalue weighted by Crippen LogP contribution is 2.24. The van der Waals surface area contributed by atoms with Crippen molar-refractivity contribution in [3.63, 3.8) is 0 Å².